The summed E-state index contributed by atoms with van der Waals surface area (Å²) in [5.74, 6) is 0. The molecule has 0 aliphatic carbocycles. The number of hydrogen-bond acceptors (Lipinski definition) is 2. The molecule has 0 saturated carbocycles. The summed E-state index contributed by atoms with van der Waals surface area (Å²) in [4.78, 5) is 0. The molecule has 0 atom stereocenters. The maximum atomic E-state index is 7.87. The fourth-order valence-corrected chi connectivity index (χ4v) is 1.43. The van der Waals surface area contributed by atoms with Crippen LogP contribution in [0, 0.1) is 6.85 Å². The monoisotopic (exact) mass is 253 g/mol. The van der Waals surface area contributed by atoms with Gasteiger partial charge in [-0.25, -0.2) is 0 Å². The van der Waals surface area contributed by atoms with Gasteiger partial charge in [0.15, 0.2) is 0 Å². The molecule has 0 unspecified atom stereocenters. The second-order valence-corrected chi connectivity index (χ2v) is 3.57. The molecule has 0 bridgehead atoms. The van der Waals surface area contributed by atoms with Crippen LogP contribution in [-0.2, 0) is 0 Å². The van der Waals surface area contributed by atoms with Gasteiger partial charge < -0.3 is 0 Å². The summed E-state index contributed by atoms with van der Waals surface area (Å²) in [6, 6.07) is 6.39. The summed E-state index contributed by atoms with van der Waals surface area (Å²) in [5, 5.41) is 7.36. The second-order valence-electron chi connectivity index (χ2n) is 2.66. The Morgan fingerprint density at radius 1 is 1.36 bits per heavy atom. The Morgan fingerprint density at radius 2 is 2.29 bits per heavy atom. The Balaban J connectivity index is 2.60. The maximum absolute atomic E-state index is 7.87. The molecular formula is C11H9BrN2. The van der Waals surface area contributed by atoms with Gasteiger partial charge in [0, 0.05) is 14.1 Å². The van der Waals surface area contributed by atoms with Crippen LogP contribution in [-0.4, -0.2) is 10.2 Å². The third kappa shape index (κ3) is 1.99. The molecule has 1 heterocycles. The number of rotatable bonds is 1. The van der Waals surface area contributed by atoms with E-state index in [1.165, 1.54) is 0 Å². The fourth-order valence-electron chi connectivity index (χ4n) is 1.03. The minimum Gasteiger partial charge on any atom is -0.155 e. The highest BCUT2D eigenvalue weighted by Crippen LogP contribution is 2.20. The maximum Gasteiger partial charge on any atom is 0.0930 e. The van der Waals surface area contributed by atoms with Gasteiger partial charge in [0.1, 0.15) is 0 Å². The second kappa shape index (κ2) is 3.88. The lowest BCUT2D eigenvalue weighted by Gasteiger charge is -2.00. The van der Waals surface area contributed by atoms with Gasteiger partial charge in [-0.3, -0.25) is 0 Å². The quantitative estimate of drug-likeness (QED) is 0.780. The first kappa shape index (κ1) is 5.03. The molecule has 0 aliphatic rings. The van der Waals surface area contributed by atoms with E-state index in [4.69, 9.17) is 6.85 Å². The Kier molecular flexibility index (Phi) is 1.39. The summed E-state index contributed by atoms with van der Waals surface area (Å²) >= 11 is 3.30. The number of benzene rings is 1. The zero-order valence-corrected chi connectivity index (χ0v) is 8.67. The number of nitrogens with zero attached hydrogens (tertiary/aromatic N) is 2. The predicted molar refractivity (Wildman–Crippen MR) is 59.9 cm³/mol. The summed E-state index contributed by atoms with van der Waals surface area (Å²) in [6.07, 6.45) is 0. The van der Waals surface area contributed by atoms with E-state index in [9.17, 15) is 0 Å². The lowest BCUT2D eigenvalue weighted by Crippen LogP contribution is -1.89. The van der Waals surface area contributed by atoms with Gasteiger partial charge in [-0.2, -0.15) is 10.2 Å². The molecule has 2 aromatic rings. The molecule has 0 aliphatic heterocycles. The van der Waals surface area contributed by atoms with Gasteiger partial charge >= 0.3 is 0 Å². The van der Waals surface area contributed by atoms with Gasteiger partial charge in [0.2, 0.25) is 0 Å². The molecule has 2 nitrogen and oxygen atoms in total. The fraction of sp³-hybridized carbons (Fsp3) is 0.0909. The summed E-state index contributed by atoms with van der Waals surface area (Å²) in [6.45, 7) is -2.53. The normalized spacial score (nSPS) is 16.2. The predicted octanol–water partition coefficient (Wildman–Crippen LogP) is 3.21. The lowest BCUT2D eigenvalue weighted by atomic mass is 10.1. The molecule has 3 heteroatoms. The Labute approximate surface area is 98.2 Å². The molecule has 0 amide bonds. The third-order valence-electron chi connectivity index (χ3n) is 1.65. The average Bonchev–Trinajstić information content (AvgIpc) is 2.31. The van der Waals surface area contributed by atoms with E-state index in [1.54, 1.807) is 18.2 Å². The molecule has 1 aromatic carbocycles. The first-order chi connectivity index (χ1) is 8.80. The number of aromatic nitrogens is 2. The van der Waals surface area contributed by atoms with Crippen LogP contribution in [0.2, 0.25) is 0 Å². The molecule has 1 aromatic heterocycles. The van der Waals surface area contributed by atoms with Crippen LogP contribution in [0.4, 0.5) is 0 Å². The first-order valence-electron chi connectivity index (χ1n) is 6.41. The van der Waals surface area contributed by atoms with Crippen LogP contribution < -0.4 is 0 Å². The van der Waals surface area contributed by atoms with E-state index < -0.39 is 18.6 Å². The van der Waals surface area contributed by atoms with Crippen molar-refractivity contribution in [1.82, 2.24) is 10.2 Å². The van der Waals surface area contributed by atoms with Crippen molar-refractivity contribution in [3.63, 3.8) is 0 Å². The van der Waals surface area contributed by atoms with E-state index in [1.807, 2.05) is 6.07 Å². The lowest BCUT2D eigenvalue weighted by molar-refractivity contribution is 0.987. The smallest absolute Gasteiger partial charge is 0.0930 e. The van der Waals surface area contributed by atoms with Gasteiger partial charge in [-0.05, 0) is 31.1 Å². The van der Waals surface area contributed by atoms with Gasteiger partial charge in [-0.1, -0.05) is 28.1 Å². The zero-order valence-electron chi connectivity index (χ0n) is 12.1. The van der Waals surface area contributed by atoms with Crippen molar-refractivity contribution in [3.8, 4) is 11.3 Å². The Morgan fingerprint density at radius 3 is 3.07 bits per heavy atom. The van der Waals surface area contributed by atoms with E-state index in [0.29, 0.717) is 5.56 Å². The van der Waals surface area contributed by atoms with Crippen LogP contribution in [0.5, 0.6) is 0 Å². The first-order valence-corrected chi connectivity index (χ1v) is 4.70. The van der Waals surface area contributed by atoms with E-state index in [0.717, 1.165) is 4.47 Å². The highest BCUT2D eigenvalue weighted by Gasteiger charge is 1.99. The van der Waals surface area contributed by atoms with Crippen LogP contribution in [0.3, 0.4) is 0 Å². The van der Waals surface area contributed by atoms with Gasteiger partial charge in [0.05, 0.1) is 14.1 Å². The van der Waals surface area contributed by atoms with Gasteiger partial charge in [0.25, 0.3) is 0 Å². The largest absolute Gasteiger partial charge is 0.155 e. The van der Waals surface area contributed by atoms with E-state index in [2.05, 4.69) is 26.1 Å². The summed E-state index contributed by atoms with van der Waals surface area (Å²) < 4.78 is 38.1. The number of halogens is 1. The minimum atomic E-state index is -2.53. The summed E-state index contributed by atoms with van der Waals surface area (Å²) in [5.41, 5.74) is 0.355. The highest BCUT2D eigenvalue weighted by atomic mass is 79.9. The molecule has 0 fully saturated rings. The van der Waals surface area contributed by atoms with Gasteiger partial charge in [-0.15, -0.1) is 0 Å². The van der Waals surface area contributed by atoms with Crippen molar-refractivity contribution in [1.29, 1.82) is 0 Å². The van der Waals surface area contributed by atoms with Crippen molar-refractivity contribution >= 4 is 15.9 Å². The van der Waals surface area contributed by atoms with E-state index >= 15 is 0 Å². The molecule has 0 spiro atoms. The molecule has 0 saturated heterocycles. The third-order valence-corrected chi connectivity index (χ3v) is 2.14. The highest BCUT2D eigenvalue weighted by molar-refractivity contribution is 9.10. The molecule has 0 radical (unpaired) electrons. The van der Waals surface area contributed by atoms with Crippen LogP contribution in [0.25, 0.3) is 11.3 Å². The Bertz CT molecular complexity index is 627. The van der Waals surface area contributed by atoms with Crippen molar-refractivity contribution in [3.05, 3.63) is 46.5 Å². The minimum absolute atomic E-state index is 0.194. The zero-order chi connectivity index (χ0) is 14.2. The summed E-state index contributed by atoms with van der Waals surface area (Å²) in [7, 11) is 0. The molecule has 2 rings (SSSR count). The van der Waals surface area contributed by atoms with Crippen LogP contribution in [0.1, 0.15) is 12.5 Å². The van der Waals surface area contributed by atoms with E-state index in [-0.39, 0.29) is 11.7 Å². The number of hydrogen-bond donors (Lipinski definition) is 0. The molecule has 14 heavy (non-hydrogen) atoms. The van der Waals surface area contributed by atoms with Crippen molar-refractivity contribution in [2.75, 3.05) is 0 Å². The Hall–Kier alpha value is -1.22. The van der Waals surface area contributed by atoms with Crippen molar-refractivity contribution in [2.45, 2.75) is 6.85 Å². The molecule has 0 N–H and O–H groups in total. The number of aryl methyl sites for hydroxylation is 1. The molecular weight excluding hydrogens is 240 g/mol. The SMILES string of the molecule is [2H]c1c(-c2cccc(Br)c2)nnc(C([2H])([2H])[2H])c1[2H]. The van der Waals surface area contributed by atoms with Crippen molar-refractivity contribution < 1.29 is 6.85 Å². The average molecular weight is 254 g/mol. The van der Waals surface area contributed by atoms with Crippen LogP contribution in [0.15, 0.2) is 40.8 Å². The molecule has 70 valence electrons. The van der Waals surface area contributed by atoms with Crippen LogP contribution >= 0.6 is 15.9 Å². The topological polar surface area (TPSA) is 25.8 Å². The standard InChI is InChI=1S/C11H9BrN2/c1-8-5-6-11(14-13-8)9-3-2-4-10(12)7-9/h2-7H,1H3/i1D3,5D,6D. The van der Waals surface area contributed by atoms with Crippen molar-refractivity contribution in [2.24, 2.45) is 0 Å².